The minimum absolute atomic E-state index is 0.0250. The molecule has 0 unspecified atom stereocenters. The van der Waals surface area contributed by atoms with Crippen molar-refractivity contribution in [3.8, 4) is 0 Å². The molecule has 5 heterocycles. The van der Waals surface area contributed by atoms with Gasteiger partial charge < -0.3 is 18.8 Å². The Morgan fingerprint density at radius 1 is 1.15 bits per heavy atom. The van der Waals surface area contributed by atoms with Gasteiger partial charge in [-0.2, -0.15) is 0 Å². The van der Waals surface area contributed by atoms with Crippen molar-refractivity contribution in [1.29, 1.82) is 0 Å². The molecule has 2 aliphatic heterocycles. The third-order valence-corrected chi connectivity index (χ3v) is 6.06. The van der Waals surface area contributed by atoms with E-state index in [1.54, 1.807) is 28.4 Å². The van der Waals surface area contributed by atoms with Gasteiger partial charge in [0.1, 0.15) is 5.69 Å². The van der Waals surface area contributed by atoms with Crippen LogP contribution in [0.2, 0.25) is 0 Å². The average molecular weight is 367 g/mol. The lowest BCUT2D eigenvalue weighted by atomic mass is 10.1. The molecule has 2 amide bonds. The van der Waals surface area contributed by atoms with E-state index in [1.807, 2.05) is 45.3 Å². The summed E-state index contributed by atoms with van der Waals surface area (Å²) in [5.41, 5.74) is 0.690. The number of amides is 2. The second-order valence-corrected chi connectivity index (χ2v) is 7.67. The molecule has 0 aliphatic carbocycles. The molecular formula is C19H17N3O3S. The van der Waals surface area contributed by atoms with Crippen LogP contribution in [0.3, 0.4) is 0 Å². The number of hydrogen-bond donors (Lipinski definition) is 0. The summed E-state index contributed by atoms with van der Waals surface area (Å²) in [4.78, 5) is 30.6. The normalized spacial score (nSPS) is 21.8. The Bertz CT molecular complexity index is 945. The van der Waals surface area contributed by atoms with Gasteiger partial charge in [-0.15, -0.1) is 11.3 Å². The molecule has 0 spiro atoms. The quantitative estimate of drug-likeness (QED) is 0.715. The molecular weight excluding hydrogens is 350 g/mol. The topological polar surface area (TPSA) is 58.7 Å². The maximum Gasteiger partial charge on any atom is 0.289 e. The Hall–Kier alpha value is -2.80. The molecule has 26 heavy (non-hydrogen) atoms. The number of aromatic nitrogens is 1. The Kier molecular flexibility index (Phi) is 3.49. The number of fused-ring (bicyclic) bond motifs is 3. The first-order valence-electron chi connectivity index (χ1n) is 8.55. The second-order valence-electron chi connectivity index (χ2n) is 6.64. The van der Waals surface area contributed by atoms with Gasteiger partial charge in [0.25, 0.3) is 11.8 Å². The van der Waals surface area contributed by atoms with Crippen LogP contribution in [-0.4, -0.2) is 45.3 Å². The lowest BCUT2D eigenvalue weighted by molar-refractivity contribution is 0.0552. The highest BCUT2D eigenvalue weighted by Gasteiger charge is 2.46. The van der Waals surface area contributed by atoms with Crippen molar-refractivity contribution in [3.05, 3.63) is 70.6 Å². The molecule has 2 aliphatic rings. The zero-order valence-corrected chi connectivity index (χ0v) is 14.8. The van der Waals surface area contributed by atoms with E-state index in [1.165, 1.54) is 6.26 Å². The molecule has 0 radical (unpaired) electrons. The van der Waals surface area contributed by atoms with Gasteiger partial charge in [-0.05, 0) is 35.7 Å². The van der Waals surface area contributed by atoms with Crippen molar-refractivity contribution in [2.45, 2.75) is 18.6 Å². The Morgan fingerprint density at radius 3 is 2.81 bits per heavy atom. The fraction of sp³-hybridized carbons (Fsp3) is 0.263. The molecule has 1 fully saturated rings. The van der Waals surface area contributed by atoms with Crippen LogP contribution in [0, 0.1) is 0 Å². The number of rotatable bonds is 3. The lowest BCUT2D eigenvalue weighted by Crippen LogP contribution is -2.49. The predicted octanol–water partition coefficient (Wildman–Crippen LogP) is 2.86. The van der Waals surface area contributed by atoms with Gasteiger partial charge in [0.15, 0.2) is 5.76 Å². The minimum atomic E-state index is -0.123. The summed E-state index contributed by atoms with van der Waals surface area (Å²) in [6.07, 6.45) is 3.45. The molecule has 132 valence electrons. The van der Waals surface area contributed by atoms with E-state index in [0.29, 0.717) is 31.1 Å². The van der Waals surface area contributed by atoms with Crippen LogP contribution in [0.15, 0.2) is 58.7 Å². The molecule has 0 bridgehead atoms. The van der Waals surface area contributed by atoms with E-state index < -0.39 is 0 Å². The first-order chi connectivity index (χ1) is 12.7. The van der Waals surface area contributed by atoms with Crippen molar-refractivity contribution >= 4 is 23.2 Å². The van der Waals surface area contributed by atoms with Crippen LogP contribution in [0.4, 0.5) is 0 Å². The van der Waals surface area contributed by atoms with Crippen molar-refractivity contribution in [3.63, 3.8) is 0 Å². The van der Waals surface area contributed by atoms with E-state index in [-0.39, 0.29) is 23.9 Å². The number of nitrogens with zero attached hydrogens (tertiary/aromatic N) is 3. The number of hydrogen-bond acceptors (Lipinski definition) is 4. The molecule has 0 N–H and O–H groups in total. The van der Waals surface area contributed by atoms with Gasteiger partial charge in [0.2, 0.25) is 0 Å². The lowest BCUT2D eigenvalue weighted by Gasteiger charge is -2.37. The van der Waals surface area contributed by atoms with E-state index in [4.69, 9.17) is 4.42 Å². The molecule has 5 rings (SSSR count). The summed E-state index contributed by atoms with van der Waals surface area (Å²) >= 11 is 1.65. The monoisotopic (exact) mass is 367 g/mol. The second kappa shape index (κ2) is 5.88. The first-order valence-corrected chi connectivity index (χ1v) is 9.43. The standard InChI is InChI=1S/C19H17N3O3S/c23-18-14-5-1-7-21(14)15-11-20(19(24)17-6-2-8-25-17)12-16(15)22(18)10-13-4-3-9-26-13/h1-9,15-16H,10-12H2/t15-,16+/m0/s1. The van der Waals surface area contributed by atoms with Crippen LogP contribution < -0.4 is 0 Å². The van der Waals surface area contributed by atoms with Crippen LogP contribution >= 0.6 is 11.3 Å². The van der Waals surface area contributed by atoms with Gasteiger partial charge in [-0.1, -0.05) is 6.07 Å². The maximum atomic E-state index is 13.0. The molecule has 1 saturated heterocycles. The van der Waals surface area contributed by atoms with E-state index in [2.05, 4.69) is 0 Å². The number of furan rings is 1. The predicted molar refractivity (Wildman–Crippen MR) is 96.1 cm³/mol. The third kappa shape index (κ3) is 2.31. The van der Waals surface area contributed by atoms with Gasteiger partial charge in [-0.3, -0.25) is 9.59 Å². The highest BCUT2D eigenvalue weighted by atomic mass is 32.1. The van der Waals surface area contributed by atoms with E-state index in [9.17, 15) is 9.59 Å². The number of thiophene rings is 1. The highest BCUT2D eigenvalue weighted by Crippen LogP contribution is 2.35. The van der Waals surface area contributed by atoms with Gasteiger partial charge >= 0.3 is 0 Å². The van der Waals surface area contributed by atoms with Crippen LogP contribution in [0.1, 0.15) is 32.0 Å². The SMILES string of the molecule is O=C(c1ccco1)N1C[C@@H]2[C@H](C1)n1cccc1C(=O)N2Cc1cccs1. The van der Waals surface area contributed by atoms with Crippen molar-refractivity contribution in [2.75, 3.05) is 13.1 Å². The van der Waals surface area contributed by atoms with Crippen LogP contribution in [0.25, 0.3) is 0 Å². The molecule has 3 aromatic heterocycles. The molecule has 2 atom stereocenters. The molecule has 7 heteroatoms. The van der Waals surface area contributed by atoms with Crippen molar-refractivity contribution in [2.24, 2.45) is 0 Å². The zero-order chi connectivity index (χ0) is 17.7. The summed E-state index contributed by atoms with van der Waals surface area (Å²) in [5, 5.41) is 2.02. The summed E-state index contributed by atoms with van der Waals surface area (Å²) in [6.45, 7) is 1.66. The summed E-state index contributed by atoms with van der Waals surface area (Å²) in [6, 6.07) is 11.2. The van der Waals surface area contributed by atoms with Crippen LogP contribution in [0.5, 0.6) is 0 Å². The largest absolute Gasteiger partial charge is 0.459 e. The smallest absolute Gasteiger partial charge is 0.289 e. The van der Waals surface area contributed by atoms with E-state index >= 15 is 0 Å². The maximum absolute atomic E-state index is 13.0. The molecule has 0 aromatic carbocycles. The minimum Gasteiger partial charge on any atom is -0.459 e. The Labute approximate surface area is 154 Å². The number of carbonyl (C=O) groups is 2. The number of likely N-dealkylation sites (tertiary alicyclic amines) is 1. The average Bonchev–Trinajstić information content (AvgIpc) is 3.44. The first kappa shape index (κ1) is 15.5. The molecule has 0 saturated carbocycles. The van der Waals surface area contributed by atoms with Crippen LogP contribution in [-0.2, 0) is 6.54 Å². The third-order valence-electron chi connectivity index (χ3n) is 5.20. The molecule has 3 aromatic rings. The summed E-state index contributed by atoms with van der Waals surface area (Å²) in [7, 11) is 0. The number of carbonyl (C=O) groups excluding carboxylic acids is 2. The zero-order valence-electron chi connectivity index (χ0n) is 13.9. The van der Waals surface area contributed by atoms with E-state index in [0.717, 1.165) is 4.88 Å². The van der Waals surface area contributed by atoms with Gasteiger partial charge in [-0.25, -0.2) is 0 Å². The Morgan fingerprint density at radius 2 is 2.04 bits per heavy atom. The Balaban J connectivity index is 1.49. The van der Waals surface area contributed by atoms with Gasteiger partial charge in [0, 0.05) is 24.2 Å². The summed E-state index contributed by atoms with van der Waals surface area (Å²) in [5.74, 6) is 0.242. The van der Waals surface area contributed by atoms with Crippen molar-refractivity contribution < 1.29 is 14.0 Å². The van der Waals surface area contributed by atoms with Crippen molar-refractivity contribution in [1.82, 2.24) is 14.4 Å². The fourth-order valence-electron chi connectivity index (χ4n) is 3.99. The fourth-order valence-corrected chi connectivity index (χ4v) is 4.70. The van der Waals surface area contributed by atoms with Gasteiger partial charge in [0.05, 0.1) is 24.9 Å². The highest BCUT2D eigenvalue weighted by molar-refractivity contribution is 7.09. The summed E-state index contributed by atoms with van der Waals surface area (Å²) < 4.78 is 7.29. The molecule has 6 nitrogen and oxygen atoms in total.